The van der Waals surface area contributed by atoms with Gasteiger partial charge in [0.25, 0.3) is 0 Å². The van der Waals surface area contributed by atoms with E-state index in [1.807, 2.05) is 31.2 Å². The molecular weight excluding hydrogens is 438 g/mol. The van der Waals surface area contributed by atoms with Gasteiger partial charge >= 0.3 is 0 Å². The summed E-state index contributed by atoms with van der Waals surface area (Å²) >= 11 is 6.17. The van der Waals surface area contributed by atoms with Crippen LogP contribution in [0.5, 0.6) is 0 Å². The van der Waals surface area contributed by atoms with Gasteiger partial charge in [-0.05, 0) is 44.0 Å². The summed E-state index contributed by atoms with van der Waals surface area (Å²) in [6.07, 6.45) is 1.03. The van der Waals surface area contributed by atoms with Gasteiger partial charge in [-0.2, -0.15) is 0 Å². The number of nitrogens with zero attached hydrogens (tertiary/aromatic N) is 2. The topological polar surface area (TPSA) is 86.8 Å². The fourth-order valence-corrected chi connectivity index (χ4v) is 4.21. The summed E-state index contributed by atoms with van der Waals surface area (Å²) in [6.45, 7) is 4.97. The largest absolute Gasteiger partial charge is 0.357 e. The zero-order valence-electron chi connectivity index (χ0n) is 18.3. The molecule has 1 atom stereocenters. The van der Waals surface area contributed by atoms with Crippen molar-refractivity contribution in [1.82, 2.24) is 10.2 Å². The van der Waals surface area contributed by atoms with E-state index in [4.69, 9.17) is 11.6 Å². The van der Waals surface area contributed by atoms with Crippen LogP contribution in [0.4, 0.5) is 5.69 Å². The maximum Gasteiger partial charge on any atom is 0.244 e. The lowest BCUT2D eigenvalue weighted by molar-refractivity contribution is -0.139. The summed E-state index contributed by atoms with van der Waals surface area (Å²) in [5, 5.41) is 2.94. The predicted molar refractivity (Wildman–Crippen MR) is 124 cm³/mol. The van der Waals surface area contributed by atoms with Crippen LogP contribution in [0.1, 0.15) is 23.6 Å². The first-order valence-corrected chi connectivity index (χ1v) is 12.0. The Labute approximate surface area is 189 Å². The van der Waals surface area contributed by atoms with E-state index in [-0.39, 0.29) is 12.5 Å². The van der Waals surface area contributed by atoms with Crippen molar-refractivity contribution in [2.75, 3.05) is 24.2 Å². The third-order valence-corrected chi connectivity index (χ3v) is 6.61. The number of carbonyl (C=O) groups excluding carboxylic acids is 2. The van der Waals surface area contributed by atoms with Crippen LogP contribution in [0.25, 0.3) is 0 Å². The fourth-order valence-electron chi connectivity index (χ4n) is 3.14. The molecule has 0 aliphatic rings. The summed E-state index contributed by atoms with van der Waals surface area (Å²) in [6, 6.07) is 11.7. The molecule has 0 heterocycles. The Morgan fingerprint density at radius 3 is 2.26 bits per heavy atom. The van der Waals surface area contributed by atoms with Gasteiger partial charge in [0, 0.05) is 18.6 Å². The highest BCUT2D eigenvalue weighted by Gasteiger charge is 2.30. The van der Waals surface area contributed by atoms with Gasteiger partial charge in [0.1, 0.15) is 12.6 Å². The molecule has 0 aromatic heterocycles. The molecule has 0 spiro atoms. The number of hydrogen-bond donors (Lipinski definition) is 1. The number of benzene rings is 2. The van der Waals surface area contributed by atoms with Gasteiger partial charge in [-0.25, -0.2) is 8.42 Å². The Balaban J connectivity index is 2.42. The van der Waals surface area contributed by atoms with Gasteiger partial charge in [-0.1, -0.05) is 47.5 Å². The number of nitrogens with one attached hydrogen (secondary N) is 1. The van der Waals surface area contributed by atoms with Crippen molar-refractivity contribution in [2.45, 2.75) is 33.4 Å². The Morgan fingerprint density at radius 1 is 1.10 bits per heavy atom. The normalized spacial score (nSPS) is 12.2. The van der Waals surface area contributed by atoms with E-state index in [0.29, 0.717) is 16.3 Å². The third kappa shape index (κ3) is 6.21. The molecule has 0 saturated carbocycles. The maximum absolute atomic E-state index is 13.3. The summed E-state index contributed by atoms with van der Waals surface area (Å²) in [5.74, 6) is -0.841. The van der Waals surface area contributed by atoms with Crippen molar-refractivity contribution < 1.29 is 18.0 Å². The summed E-state index contributed by atoms with van der Waals surface area (Å²) < 4.78 is 26.1. The quantitative estimate of drug-likeness (QED) is 0.649. The molecule has 0 radical (unpaired) electrons. The average Bonchev–Trinajstić information content (AvgIpc) is 2.71. The van der Waals surface area contributed by atoms with Crippen LogP contribution in [0.15, 0.2) is 42.5 Å². The molecule has 0 bridgehead atoms. The molecule has 2 aromatic carbocycles. The Kier molecular flexibility index (Phi) is 8.08. The molecule has 7 nitrogen and oxygen atoms in total. The minimum absolute atomic E-state index is 0.166. The van der Waals surface area contributed by atoms with E-state index in [0.717, 1.165) is 21.7 Å². The molecule has 0 saturated heterocycles. The van der Waals surface area contributed by atoms with E-state index >= 15 is 0 Å². The molecule has 31 heavy (non-hydrogen) atoms. The molecule has 168 valence electrons. The van der Waals surface area contributed by atoms with Crippen molar-refractivity contribution in [3.05, 3.63) is 64.2 Å². The lowest BCUT2D eigenvalue weighted by Crippen LogP contribution is -2.50. The van der Waals surface area contributed by atoms with Crippen LogP contribution in [0, 0.1) is 13.8 Å². The second kappa shape index (κ2) is 10.2. The van der Waals surface area contributed by atoms with Crippen molar-refractivity contribution in [1.29, 1.82) is 0 Å². The summed E-state index contributed by atoms with van der Waals surface area (Å²) in [5.41, 5.74) is 2.78. The first kappa shape index (κ1) is 24.7. The smallest absolute Gasteiger partial charge is 0.244 e. The number of aryl methyl sites for hydroxylation is 1. The van der Waals surface area contributed by atoms with Crippen LogP contribution in [-0.2, 0) is 26.2 Å². The van der Waals surface area contributed by atoms with E-state index in [9.17, 15) is 18.0 Å². The highest BCUT2D eigenvalue weighted by atomic mass is 35.5. The molecule has 2 rings (SSSR count). The molecule has 0 aliphatic heterocycles. The number of rotatable bonds is 8. The minimum Gasteiger partial charge on any atom is -0.357 e. The minimum atomic E-state index is -3.79. The van der Waals surface area contributed by atoms with E-state index in [2.05, 4.69) is 5.32 Å². The van der Waals surface area contributed by atoms with Gasteiger partial charge in [-0.3, -0.25) is 13.9 Å². The number of sulfonamides is 1. The van der Waals surface area contributed by atoms with Gasteiger partial charge in [-0.15, -0.1) is 0 Å². The summed E-state index contributed by atoms with van der Waals surface area (Å²) in [4.78, 5) is 27.0. The fraction of sp³-hybridized carbons (Fsp3) is 0.364. The second-order valence-electron chi connectivity index (χ2n) is 7.45. The standard InChI is InChI=1S/C22H28ClN3O4S/c1-15-9-11-18(12-10-15)13-25(17(3)22(28)24-4)21(27)14-26(31(5,29)30)20-8-6-7-19(23)16(20)2/h6-12,17H,13-14H2,1-5H3,(H,24,28). The maximum atomic E-state index is 13.3. The highest BCUT2D eigenvalue weighted by molar-refractivity contribution is 7.92. The lowest BCUT2D eigenvalue weighted by Gasteiger charge is -2.31. The first-order chi connectivity index (χ1) is 14.5. The molecule has 1 N–H and O–H groups in total. The number of carbonyl (C=O) groups is 2. The van der Waals surface area contributed by atoms with E-state index < -0.39 is 28.5 Å². The van der Waals surface area contributed by atoms with Gasteiger partial charge < -0.3 is 10.2 Å². The molecule has 0 aliphatic carbocycles. The van der Waals surface area contributed by atoms with Gasteiger partial charge in [0.2, 0.25) is 21.8 Å². The Bertz CT molecular complexity index is 1050. The lowest BCUT2D eigenvalue weighted by atomic mass is 10.1. The molecule has 2 amide bonds. The average molecular weight is 466 g/mol. The van der Waals surface area contributed by atoms with Crippen LogP contribution in [0.3, 0.4) is 0 Å². The SMILES string of the molecule is CNC(=O)C(C)N(Cc1ccc(C)cc1)C(=O)CN(c1cccc(Cl)c1C)S(C)(=O)=O. The molecule has 2 aromatic rings. The van der Waals surface area contributed by atoms with Crippen LogP contribution >= 0.6 is 11.6 Å². The highest BCUT2D eigenvalue weighted by Crippen LogP contribution is 2.28. The molecule has 9 heteroatoms. The zero-order valence-corrected chi connectivity index (χ0v) is 19.9. The second-order valence-corrected chi connectivity index (χ2v) is 9.77. The van der Waals surface area contributed by atoms with Crippen molar-refractivity contribution in [2.24, 2.45) is 0 Å². The van der Waals surface area contributed by atoms with Crippen molar-refractivity contribution in [3.63, 3.8) is 0 Å². The Morgan fingerprint density at radius 2 is 1.71 bits per heavy atom. The number of halogens is 1. The number of likely N-dealkylation sites (N-methyl/N-ethyl adjacent to an activating group) is 1. The van der Waals surface area contributed by atoms with Gasteiger partial charge in [0.05, 0.1) is 11.9 Å². The predicted octanol–water partition coefficient (Wildman–Crippen LogP) is 2.89. The van der Waals surface area contributed by atoms with Gasteiger partial charge in [0.15, 0.2) is 0 Å². The van der Waals surface area contributed by atoms with E-state index in [1.165, 1.54) is 11.9 Å². The monoisotopic (exact) mass is 465 g/mol. The van der Waals surface area contributed by atoms with E-state index in [1.54, 1.807) is 32.0 Å². The molecular formula is C22H28ClN3O4S. The number of anilines is 1. The van der Waals surface area contributed by atoms with Crippen molar-refractivity contribution >= 4 is 39.1 Å². The molecule has 1 unspecified atom stereocenters. The first-order valence-electron chi connectivity index (χ1n) is 9.75. The summed E-state index contributed by atoms with van der Waals surface area (Å²) in [7, 11) is -2.30. The zero-order chi connectivity index (χ0) is 23.3. The van der Waals surface area contributed by atoms with Crippen LogP contribution in [0.2, 0.25) is 5.02 Å². The number of amides is 2. The van der Waals surface area contributed by atoms with Crippen molar-refractivity contribution in [3.8, 4) is 0 Å². The number of hydrogen-bond acceptors (Lipinski definition) is 4. The van der Waals surface area contributed by atoms with Crippen LogP contribution in [-0.4, -0.2) is 51.0 Å². The Hall–Kier alpha value is -2.58. The van der Waals surface area contributed by atoms with Crippen LogP contribution < -0.4 is 9.62 Å². The molecule has 0 fully saturated rings. The third-order valence-electron chi connectivity index (χ3n) is 5.07.